The predicted octanol–water partition coefficient (Wildman–Crippen LogP) is 1.74. The molecule has 1 atom stereocenters. The van der Waals surface area contributed by atoms with Gasteiger partial charge in [0, 0.05) is 45.3 Å². The van der Waals surface area contributed by atoms with E-state index in [-0.39, 0.29) is 40.2 Å². The molecule has 0 radical (unpaired) electrons. The number of sulfone groups is 1. The van der Waals surface area contributed by atoms with Crippen LogP contribution in [0.15, 0.2) is 41.6 Å². The summed E-state index contributed by atoms with van der Waals surface area (Å²) >= 11 is 0. The van der Waals surface area contributed by atoms with Crippen molar-refractivity contribution < 1.29 is 32.9 Å². The van der Waals surface area contributed by atoms with Crippen LogP contribution in [0.25, 0.3) is 0 Å². The third kappa shape index (κ3) is 7.13. The van der Waals surface area contributed by atoms with Crippen molar-refractivity contribution in [2.24, 2.45) is 0 Å². The number of fused-ring (bicyclic) bond motifs is 3. The van der Waals surface area contributed by atoms with Gasteiger partial charge in [-0.25, -0.2) is 18.2 Å². The first-order chi connectivity index (χ1) is 16.2. The first-order valence-electron chi connectivity index (χ1n) is 11.2. The lowest BCUT2D eigenvalue weighted by Gasteiger charge is -2.41. The Kier molecular flexibility index (Phi) is 8.84. The first kappa shape index (κ1) is 25.9. The maximum Gasteiger partial charge on any atom is 0.335 e. The van der Waals surface area contributed by atoms with E-state index in [1.165, 1.54) is 82.7 Å². The second kappa shape index (κ2) is 11.6. The molecule has 0 unspecified atom stereocenters. The standard InChI is InChI=1S/C17H19NO7S.C6H12N2/c1-3-26(22,23)16-5-4-13(9-18-16)25-15-7-12(17(20)21)6-14(8-15)24-11(2)10-19;1-2-8-5-3-7(1)4-6-8/h4-9,11,19H,3,10H2,1-2H3,(H,20,21);1-6H2/t11-;/m0./s1. The van der Waals surface area contributed by atoms with Crippen LogP contribution in [0.5, 0.6) is 17.2 Å². The number of aliphatic hydroxyl groups is 1. The van der Waals surface area contributed by atoms with Gasteiger partial charge in [0.25, 0.3) is 0 Å². The van der Waals surface area contributed by atoms with Gasteiger partial charge in [0.1, 0.15) is 23.4 Å². The van der Waals surface area contributed by atoms with Crippen LogP contribution in [0.3, 0.4) is 0 Å². The number of carboxylic acids is 1. The summed E-state index contributed by atoms with van der Waals surface area (Å²) < 4.78 is 34.5. The van der Waals surface area contributed by atoms with Crippen molar-refractivity contribution >= 4 is 15.8 Å². The van der Waals surface area contributed by atoms with Crippen molar-refractivity contribution in [2.45, 2.75) is 25.0 Å². The Balaban J connectivity index is 0.000000335. The van der Waals surface area contributed by atoms with Crippen molar-refractivity contribution in [3.8, 4) is 17.2 Å². The highest BCUT2D eigenvalue weighted by Crippen LogP contribution is 2.28. The average Bonchev–Trinajstić information content (AvgIpc) is 2.85. The van der Waals surface area contributed by atoms with E-state index < -0.39 is 21.9 Å². The van der Waals surface area contributed by atoms with E-state index in [2.05, 4.69) is 14.8 Å². The quantitative estimate of drug-likeness (QED) is 0.561. The van der Waals surface area contributed by atoms with E-state index in [9.17, 15) is 18.3 Å². The molecule has 3 fully saturated rings. The van der Waals surface area contributed by atoms with E-state index in [0.717, 1.165) is 0 Å². The summed E-state index contributed by atoms with van der Waals surface area (Å²) in [6, 6.07) is 6.83. The highest BCUT2D eigenvalue weighted by atomic mass is 32.2. The summed E-state index contributed by atoms with van der Waals surface area (Å²) in [6.07, 6.45) is 0.722. The summed E-state index contributed by atoms with van der Waals surface area (Å²) in [6.45, 7) is 10.8. The summed E-state index contributed by atoms with van der Waals surface area (Å²) in [7, 11) is -3.42. The molecule has 0 amide bonds. The number of nitrogens with zero attached hydrogens (tertiary/aromatic N) is 3. The number of piperazine rings is 3. The number of pyridine rings is 1. The normalized spacial score (nSPS) is 20.1. The number of ether oxygens (including phenoxy) is 2. The third-order valence-electron chi connectivity index (χ3n) is 5.56. The Morgan fingerprint density at radius 2 is 1.62 bits per heavy atom. The molecule has 3 aliphatic heterocycles. The number of aromatic nitrogens is 1. The van der Waals surface area contributed by atoms with E-state index in [4.69, 9.17) is 14.6 Å². The Morgan fingerprint density at radius 3 is 2.06 bits per heavy atom. The Morgan fingerprint density at radius 1 is 1.03 bits per heavy atom. The van der Waals surface area contributed by atoms with Crippen molar-refractivity contribution in [1.29, 1.82) is 0 Å². The van der Waals surface area contributed by atoms with Crippen LogP contribution < -0.4 is 9.47 Å². The third-order valence-corrected chi connectivity index (χ3v) is 7.20. The van der Waals surface area contributed by atoms with Gasteiger partial charge in [-0.05, 0) is 31.2 Å². The molecule has 1 aromatic heterocycles. The number of carbonyl (C=O) groups is 1. The van der Waals surface area contributed by atoms with E-state index >= 15 is 0 Å². The summed E-state index contributed by atoms with van der Waals surface area (Å²) in [5, 5.41) is 18.2. The summed E-state index contributed by atoms with van der Waals surface area (Å²) in [4.78, 5) is 20.2. The number of aromatic carboxylic acids is 1. The second-order valence-corrected chi connectivity index (χ2v) is 10.4. The van der Waals surface area contributed by atoms with Crippen LogP contribution in [0, 0.1) is 0 Å². The second-order valence-electron chi connectivity index (χ2n) is 8.13. The lowest BCUT2D eigenvalue weighted by molar-refractivity contribution is 0.0647. The summed E-state index contributed by atoms with van der Waals surface area (Å²) in [5.74, 6) is -0.592. The molecule has 2 N–H and O–H groups in total. The van der Waals surface area contributed by atoms with Crippen LogP contribution >= 0.6 is 0 Å². The number of hydrogen-bond acceptors (Lipinski definition) is 9. The highest BCUT2D eigenvalue weighted by molar-refractivity contribution is 7.91. The maximum atomic E-state index is 11.8. The van der Waals surface area contributed by atoms with Gasteiger partial charge < -0.3 is 19.7 Å². The largest absolute Gasteiger partial charge is 0.488 e. The number of hydrogen-bond donors (Lipinski definition) is 2. The fraction of sp³-hybridized carbons (Fsp3) is 0.478. The van der Waals surface area contributed by atoms with Gasteiger partial charge in [-0.1, -0.05) is 6.92 Å². The van der Waals surface area contributed by atoms with Gasteiger partial charge in [-0.2, -0.15) is 0 Å². The fourth-order valence-corrected chi connectivity index (χ4v) is 4.29. The molecule has 0 aliphatic carbocycles. The lowest BCUT2D eigenvalue weighted by atomic mass is 10.2. The van der Waals surface area contributed by atoms with E-state index in [0.29, 0.717) is 0 Å². The molecule has 0 spiro atoms. The molecule has 5 rings (SSSR count). The SMILES string of the molecule is C1CN2CCN1CC2.CCS(=O)(=O)c1ccc(Oc2cc(O[C@@H](C)CO)cc(C(=O)O)c2)cn1. The van der Waals surface area contributed by atoms with Crippen molar-refractivity contribution in [1.82, 2.24) is 14.8 Å². The van der Waals surface area contributed by atoms with Crippen LogP contribution in [-0.2, 0) is 9.84 Å². The van der Waals surface area contributed by atoms with Crippen molar-refractivity contribution in [3.63, 3.8) is 0 Å². The summed E-state index contributed by atoms with van der Waals surface area (Å²) in [5.41, 5.74) is -0.0548. The van der Waals surface area contributed by atoms with Crippen molar-refractivity contribution in [2.75, 3.05) is 51.6 Å². The lowest BCUT2D eigenvalue weighted by Crippen LogP contribution is -2.55. The minimum Gasteiger partial charge on any atom is -0.488 e. The fourth-order valence-electron chi connectivity index (χ4n) is 3.51. The molecule has 10 nitrogen and oxygen atoms in total. The molecular formula is C23H31N3O7S. The number of aliphatic hydroxyl groups excluding tert-OH is 1. The van der Waals surface area contributed by atoms with Crippen LogP contribution in [-0.4, -0.2) is 97.1 Å². The number of rotatable bonds is 8. The molecular weight excluding hydrogens is 462 g/mol. The molecule has 3 saturated heterocycles. The van der Waals surface area contributed by atoms with Crippen LogP contribution in [0.2, 0.25) is 0 Å². The van der Waals surface area contributed by atoms with E-state index in [1.54, 1.807) is 6.92 Å². The van der Waals surface area contributed by atoms with Gasteiger partial charge >= 0.3 is 5.97 Å². The molecule has 0 saturated carbocycles. The van der Waals surface area contributed by atoms with Gasteiger partial charge in [0.2, 0.25) is 0 Å². The smallest absolute Gasteiger partial charge is 0.335 e. The minimum absolute atomic E-state index is 0.0548. The molecule has 2 bridgehead atoms. The zero-order valence-corrected chi connectivity index (χ0v) is 20.2. The van der Waals surface area contributed by atoms with Crippen LogP contribution in [0.4, 0.5) is 0 Å². The average molecular weight is 494 g/mol. The molecule has 4 heterocycles. The van der Waals surface area contributed by atoms with Crippen LogP contribution in [0.1, 0.15) is 24.2 Å². The first-order valence-corrected chi connectivity index (χ1v) is 12.8. The molecule has 3 aliphatic rings. The Hall–Kier alpha value is -2.73. The maximum absolute atomic E-state index is 11.8. The van der Waals surface area contributed by atoms with Gasteiger partial charge in [0.15, 0.2) is 14.9 Å². The number of carboxylic acid groups (broad SMARTS) is 1. The molecule has 1 aromatic carbocycles. The van der Waals surface area contributed by atoms with Gasteiger partial charge in [0.05, 0.1) is 24.1 Å². The minimum atomic E-state index is -3.42. The molecule has 2 aromatic rings. The molecule has 34 heavy (non-hydrogen) atoms. The number of benzene rings is 1. The highest BCUT2D eigenvalue weighted by Gasteiger charge is 2.21. The van der Waals surface area contributed by atoms with Crippen molar-refractivity contribution in [3.05, 3.63) is 42.1 Å². The zero-order chi connectivity index (χ0) is 24.7. The van der Waals surface area contributed by atoms with Gasteiger partial charge in [-0.3, -0.25) is 9.80 Å². The van der Waals surface area contributed by atoms with Gasteiger partial charge in [-0.15, -0.1) is 0 Å². The Labute approximate surface area is 199 Å². The molecule has 186 valence electrons. The topological polar surface area (TPSA) is 130 Å². The monoisotopic (exact) mass is 493 g/mol. The predicted molar refractivity (Wildman–Crippen MR) is 125 cm³/mol. The van der Waals surface area contributed by atoms with E-state index in [1.807, 2.05) is 0 Å². The Bertz CT molecular complexity index is 1050. The zero-order valence-electron chi connectivity index (χ0n) is 19.4. The molecule has 11 heteroatoms.